The number of rotatable bonds is 10. The van der Waals surface area contributed by atoms with Crippen molar-refractivity contribution in [3.8, 4) is 23.0 Å². The van der Waals surface area contributed by atoms with Gasteiger partial charge in [-0.1, -0.05) is 49.4 Å². The number of aromatic hydroxyl groups is 1. The first-order valence-electron chi connectivity index (χ1n) is 11.8. The lowest BCUT2D eigenvalue weighted by Gasteiger charge is -2.30. The van der Waals surface area contributed by atoms with Gasteiger partial charge in [0, 0.05) is 11.8 Å². The molecule has 0 unspecified atom stereocenters. The fraction of sp³-hybridized carbons (Fsp3) is 0.379. The molecule has 4 rings (SSSR count). The summed E-state index contributed by atoms with van der Waals surface area (Å²) in [6.45, 7) is 4.23. The normalized spacial score (nSPS) is 19.7. The summed E-state index contributed by atoms with van der Waals surface area (Å²) in [6.07, 6.45) is 2.54. The van der Waals surface area contributed by atoms with E-state index in [9.17, 15) is 5.11 Å². The fourth-order valence-electron chi connectivity index (χ4n) is 4.72. The van der Waals surface area contributed by atoms with Crippen LogP contribution in [-0.4, -0.2) is 39.1 Å². The average Bonchev–Trinajstić information content (AvgIpc) is 3.21. The van der Waals surface area contributed by atoms with Crippen molar-refractivity contribution in [3.05, 3.63) is 83.4 Å². The van der Waals surface area contributed by atoms with Gasteiger partial charge in [0.2, 0.25) is 0 Å². The van der Waals surface area contributed by atoms with Crippen LogP contribution in [0.15, 0.2) is 66.7 Å². The standard InChI is InChI=1S/C29H34O5/c1-29(20-33-19-24(29)15-22-10-12-26(31-2)28(16-22)32-3)18-23-9-11-25(30)27(17-23)34-14-13-21-7-5-4-6-8-21/h4-12,16-17,24,30H,13-15,18-20H2,1-3H3/t24-,29-/m0/s1. The van der Waals surface area contributed by atoms with Gasteiger partial charge in [0.1, 0.15) is 0 Å². The molecule has 2 atom stereocenters. The summed E-state index contributed by atoms with van der Waals surface area (Å²) >= 11 is 0. The Balaban J connectivity index is 1.43. The van der Waals surface area contributed by atoms with Gasteiger partial charge in [-0.3, -0.25) is 0 Å². The van der Waals surface area contributed by atoms with E-state index in [1.807, 2.05) is 36.4 Å². The Kier molecular flexibility index (Phi) is 7.63. The monoisotopic (exact) mass is 462 g/mol. The highest BCUT2D eigenvalue weighted by Crippen LogP contribution is 2.41. The molecule has 180 valence electrons. The van der Waals surface area contributed by atoms with E-state index in [0.717, 1.165) is 42.9 Å². The van der Waals surface area contributed by atoms with Crippen molar-refractivity contribution >= 4 is 0 Å². The summed E-state index contributed by atoms with van der Waals surface area (Å²) in [6, 6.07) is 22.0. The first-order chi connectivity index (χ1) is 16.5. The first-order valence-corrected chi connectivity index (χ1v) is 11.8. The molecule has 1 N–H and O–H groups in total. The van der Waals surface area contributed by atoms with Crippen LogP contribution in [0.5, 0.6) is 23.0 Å². The minimum atomic E-state index is -0.0224. The Bertz CT molecular complexity index is 1080. The topological polar surface area (TPSA) is 57.2 Å². The molecule has 0 aliphatic carbocycles. The minimum absolute atomic E-state index is 0.0224. The number of phenols is 1. The summed E-state index contributed by atoms with van der Waals surface area (Å²) < 4.78 is 22.7. The van der Waals surface area contributed by atoms with Crippen molar-refractivity contribution in [2.24, 2.45) is 11.3 Å². The van der Waals surface area contributed by atoms with Crippen molar-refractivity contribution in [2.45, 2.75) is 26.2 Å². The highest BCUT2D eigenvalue weighted by molar-refractivity contribution is 5.44. The Morgan fingerprint density at radius 2 is 1.62 bits per heavy atom. The van der Waals surface area contributed by atoms with Crippen LogP contribution in [0.25, 0.3) is 0 Å². The van der Waals surface area contributed by atoms with Crippen molar-refractivity contribution in [3.63, 3.8) is 0 Å². The second-order valence-corrected chi connectivity index (χ2v) is 9.32. The van der Waals surface area contributed by atoms with Gasteiger partial charge < -0.3 is 24.1 Å². The molecule has 5 heteroatoms. The molecule has 5 nitrogen and oxygen atoms in total. The molecule has 3 aromatic carbocycles. The van der Waals surface area contributed by atoms with Crippen LogP contribution in [0.4, 0.5) is 0 Å². The van der Waals surface area contributed by atoms with Crippen LogP contribution < -0.4 is 14.2 Å². The number of hydrogen-bond acceptors (Lipinski definition) is 5. The van der Waals surface area contributed by atoms with Gasteiger partial charge in [-0.15, -0.1) is 0 Å². The molecule has 34 heavy (non-hydrogen) atoms. The largest absolute Gasteiger partial charge is 0.504 e. The molecule has 0 radical (unpaired) electrons. The molecular weight excluding hydrogens is 428 g/mol. The number of ether oxygens (including phenoxy) is 4. The minimum Gasteiger partial charge on any atom is -0.504 e. The quantitative estimate of drug-likeness (QED) is 0.433. The van der Waals surface area contributed by atoms with E-state index in [1.165, 1.54) is 11.1 Å². The molecule has 1 fully saturated rings. The van der Waals surface area contributed by atoms with Crippen LogP contribution in [0, 0.1) is 11.3 Å². The Morgan fingerprint density at radius 1 is 0.882 bits per heavy atom. The maximum absolute atomic E-state index is 10.3. The second-order valence-electron chi connectivity index (χ2n) is 9.32. The third kappa shape index (κ3) is 5.65. The third-order valence-corrected chi connectivity index (χ3v) is 6.79. The molecule has 1 saturated heterocycles. The number of methoxy groups -OCH3 is 2. The molecule has 0 bridgehead atoms. The third-order valence-electron chi connectivity index (χ3n) is 6.79. The van der Waals surface area contributed by atoms with Crippen molar-refractivity contribution < 1.29 is 24.1 Å². The van der Waals surface area contributed by atoms with E-state index in [4.69, 9.17) is 18.9 Å². The second kappa shape index (κ2) is 10.8. The van der Waals surface area contributed by atoms with E-state index >= 15 is 0 Å². The van der Waals surface area contributed by atoms with E-state index in [0.29, 0.717) is 24.9 Å². The maximum atomic E-state index is 10.3. The molecule has 0 saturated carbocycles. The van der Waals surface area contributed by atoms with Crippen LogP contribution in [0.3, 0.4) is 0 Å². The SMILES string of the molecule is COc1ccc(C[C@H]2COC[C@]2(C)Cc2ccc(O)c(OCCc3ccccc3)c2)cc1OC. The van der Waals surface area contributed by atoms with E-state index in [2.05, 4.69) is 31.2 Å². The molecule has 1 heterocycles. The maximum Gasteiger partial charge on any atom is 0.161 e. The van der Waals surface area contributed by atoms with Crippen LogP contribution in [0.1, 0.15) is 23.6 Å². The number of phenolic OH excluding ortho intramolecular Hbond substituents is 1. The average molecular weight is 463 g/mol. The predicted octanol–water partition coefficient (Wildman–Crippen LogP) is 5.47. The predicted molar refractivity (Wildman–Crippen MR) is 133 cm³/mol. The van der Waals surface area contributed by atoms with E-state index in [1.54, 1.807) is 20.3 Å². The van der Waals surface area contributed by atoms with Gasteiger partial charge in [-0.2, -0.15) is 0 Å². The number of benzene rings is 3. The van der Waals surface area contributed by atoms with Crippen LogP contribution in [0.2, 0.25) is 0 Å². The van der Waals surface area contributed by atoms with Crippen molar-refractivity contribution in [2.75, 3.05) is 34.0 Å². The molecule has 0 amide bonds. The zero-order chi connectivity index (χ0) is 24.0. The zero-order valence-electron chi connectivity index (χ0n) is 20.3. The lowest BCUT2D eigenvalue weighted by molar-refractivity contribution is 0.159. The van der Waals surface area contributed by atoms with Gasteiger partial charge >= 0.3 is 0 Å². The van der Waals surface area contributed by atoms with Crippen LogP contribution >= 0.6 is 0 Å². The summed E-state index contributed by atoms with van der Waals surface area (Å²) in [5.41, 5.74) is 3.53. The first kappa shape index (κ1) is 24.0. The molecular formula is C29H34O5. The van der Waals surface area contributed by atoms with Crippen LogP contribution in [-0.2, 0) is 24.0 Å². The van der Waals surface area contributed by atoms with Crippen molar-refractivity contribution in [1.82, 2.24) is 0 Å². The molecule has 0 aromatic heterocycles. The summed E-state index contributed by atoms with van der Waals surface area (Å²) in [4.78, 5) is 0. The summed E-state index contributed by atoms with van der Waals surface area (Å²) in [7, 11) is 3.31. The summed E-state index contributed by atoms with van der Waals surface area (Å²) in [5, 5.41) is 10.3. The Morgan fingerprint density at radius 3 is 2.38 bits per heavy atom. The van der Waals surface area contributed by atoms with Crippen molar-refractivity contribution in [1.29, 1.82) is 0 Å². The highest BCUT2D eigenvalue weighted by Gasteiger charge is 2.40. The molecule has 0 spiro atoms. The molecule has 1 aliphatic rings. The Hall–Kier alpha value is -3.18. The lowest BCUT2D eigenvalue weighted by Crippen LogP contribution is -2.30. The van der Waals surface area contributed by atoms with E-state index in [-0.39, 0.29) is 11.2 Å². The van der Waals surface area contributed by atoms with Gasteiger partial charge in [0.25, 0.3) is 0 Å². The number of hydrogen-bond donors (Lipinski definition) is 1. The summed E-state index contributed by atoms with van der Waals surface area (Å²) in [5.74, 6) is 2.55. The van der Waals surface area contributed by atoms with Gasteiger partial charge in [0.15, 0.2) is 23.0 Å². The smallest absolute Gasteiger partial charge is 0.161 e. The highest BCUT2D eigenvalue weighted by atomic mass is 16.5. The van der Waals surface area contributed by atoms with E-state index < -0.39 is 0 Å². The zero-order valence-corrected chi connectivity index (χ0v) is 20.3. The van der Waals surface area contributed by atoms with Gasteiger partial charge in [0.05, 0.1) is 34.0 Å². The lowest BCUT2D eigenvalue weighted by atomic mass is 9.73. The Labute approximate surface area is 202 Å². The fourth-order valence-corrected chi connectivity index (χ4v) is 4.72. The van der Waals surface area contributed by atoms with Gasteiger partial charge in [-0.05, 0) is 59.7 Å². The van der Waals surface area contributed by atoms with Gasteiger partial charge in [-0.25, -0.2) is 0 Å². The molecule has 1 aliphatic heterocycles. The molecule has 3 aromatic rings.